The third-order valence-corrected chi connectivity index (χ3v) is 5.70. The molecule has 1 aromatic carbocycles. The largest absolute Gasteiger partial charge is 0.361 e. The van der Waals surface area contributed by atoms with Gasteiger partial charge >= 0.3 is 6.03 Å². The zero-order valence-electron chi connectivity index (χ0n) is 15.8. The molecule has 2 heterocycles. The molecule has 8 heteroatoms. The Morgan fingerprint density at radius 3 is 2.93 bits per heavy atom. The van der Waals surface area contributed by atoms with Crippen LogP contribution < -0.4 is 10.6 Å². The predicted octanol–water partition coefficient (Wildman–Crippen LogP) is 3.08. The molecule has 150 valence electrons. The zero-order chi connectivity index (χ0) is 19.7. The second-order valence-corrected chi connectivity index (χ2v) is 7.56. The van der Waals surface area contributed by atoms with Gasteiger partial charge in [-0.25, -0.2) is 13.6 Å². The highest BCUT2D eigenvalue weighted by Crippen LogP contribution is 2.31. The Kier molecular flexibility index (Phi) is 5.30. The van der Waals surface area contributed by atoms with Crippen molar-refractivity contribution in [3.05, 3.63) is 52.4 Å². The van der Waals surface area contributed by atoms with Gasteiger partial charge in [-0.05, 0) is 50.4 Å². The molecular weight excluding hydrogens is 366 g/mol. The lowest BCUT2D eigenvalue weighted by molar-refractivity contribution is 0.229. The maximum absolute atomic E-state index is 13.7. The molecule has 2 aliphatic rings. The molecule has 1 aliphatic carbocycles. The van der Waals surface area contributed by atoms with Crippen molar-refractivity contribution < 1.29 is 18.1 Å². The number of likely N-dealkylation sites (N-methyl/N-ethyl adjacent to an activating group) is 1. The second kappa shape index (κ2) is 7.87. The first-order valence-electron chi connectivity index (χ1n) is 9.69. The summed E-state index contributed by atoms with van der Waals surface area (Å²) >= 11 is 0. The number of fused-ring (bicyclic) bond motifs is 1. The Hall–Kier alpha value is -2.48. The number of urea groups is 1. The van der Waals surface area contributed by atoms with Crippen LogP contribution in [0.1, 0.15) is 47.9 Å². The van der Waals surface area contributed by atoms with Gasteiger partial charge in [0.1, 0.15) is 11.5 Å². The minimum Gasteiger partial charge on any atom is -0.361 e. The number of aryl methyl sites for hydroxylation is 1. The Morgan fingerprint density at radius 1 is 1.29 bits per heavy atom. The third-order valence-electron chi connectivity index (χ3n) is 5.70. The summed E-state index contributed by atoms with van der Waals surface area (Å²) in [6.07, 6.45) is 4.78. The van der Waals surface area contributed by atoms with Gasteiger partial charge in [-0.1, -0.05) is 11.2 Å². The van der Waals surface area contributed by atoms with E-state index >= 15 is 0 Å². The summed E-state index contributed by atoms with van der Waals surface area (Å²) in [4.78, 5) is 14.5. The Labute approximate surface area is 162 Å². The molecule has 6 nitrogen and oxygen atoms in total. The molecule has 0 bridgehead atoms. The Morgan fingerprint density at radius 2 is 2.11 bits per heavy atom. The van der Waals surface area contributed by atoms with E-state index in [2.05, 4.69) is 15.8 Å². The van der Waals surface area contributed by atoms with Crippen molar-refractivity contribution in [3.8, 4) is 0 Å². The summed E-state index contributed by atoms with van der Waals surface area (Å²) in [5, 5.41) is 9.90. The second-order valence-electron chi connectivity index (χ2n) is 7.56. The molecule has 1 fully saturated rings. The lowest BCUT2D eigenvalue weighted by Crippen LogP contribution is -2.44. The summed E-state index contributed by atoms with van der Waals surface area (Å²) in [6.45, 7) is 1.06. The fourth-order valence-corrected chi connectivity index (χ4v) is 4.25. The van der Waals surface area contributed by atoms with E-state index in [9.17, 15) is 13.6 Å². The van der Waals surface area contributed by atoms with Crippen LogP contribution in [-0.2, 0) is 19.4 Å². The van der Waals surface area contributed by atoms with E-state index in [0.29, 0.717) is 12.1 Å². The number of likely N-dealkylation sites (tertiary alicyclic amines) is 1. The number of rotatable bonds is 4. The molecular formula is C20H24F2N4O2. The van der Waals surface area contributed by atoms with Gasteiger partial charge in [-0.2, -0.15) is 0 Å². The molecule has 0 saturated carbocycles. The summed E-state index contributed by atoms with van der Waals surface area (Å²) in [5.41, 5.74) is 2.55. The predicted molar refractivity (Wildman–Crippen MR) is 98.7 cm³/mol. The van der Waals surface area contributed by atoms with Crippen LogP contribution in [-0.4, -0.2) is 35.7 Å². The minimum absolute atomic E-state index is 0.193. The first-order valence-corrected chi connectivity index (χ1v) is 9.69. The average molecular weight is 390 g/mol. The highest BCUT2D eigenvalue weighted by atomic mass is 19.2. The average Bonchev–Trinajstić information content (AvgIpc) is 3.26. The van der Waals surface area contributed by atoms with Crippen LogP contribution in [0.2, 0.25) is 0 Å². The number of benzene rings is 1. The number of hydrogen-bond donors (Lipinski definition) is 2. The van der Waals surface area contributed by atoms with Crippen LogP contribution in [0.5, 0.6) is 0 Å². The number of carbonyl (C=O) groups is 1. The van der Waals surface area contributed by atoms with Crippen LogP contribution >= 0.6 is 0 Å². The maximum Gasteiger partial charge on any atom is 0.315 e. The molecule has 2 amide bonds. The van der Waals surface area contributed by atoms with Crippen LogP contribution in [0.15, 0.2) is 22.7 Å². The Balaban J connectivity index is 1.39. The fourth-order valence-electron chi connectivity index (χ4n) is 4.25. The minimum atomic E-state index is -0.878. The van der Waals surface area contributed by atoms with E-state index < -0.39 is 11.6 Å². The molecule has 1 aromatic heterocycles. The Bertz CT molecular complexity index is 870. The topological polar surface area (TPSA) is 70.4 Å². The highest BCUT2D eigenvalue weighted by molar-refractivity contribution is 5.74. The molecule has 2 unspecified atom stereocenters. The molecule has 0 spiro atoms. The van der Waals surface area contributed by atoms with E-state index in [1.54, 1.807) is 6.07 Å². The molecule has 4 rings (SSSR count). The number of nitrogens with one attached hydrogen (secondary N) is 2. The number of halogens is 2. The van der Waals surface area contributed by atoms with E-state index in [1.165, 1.54) is 6.07 Å². The fraction of sp³-hybridized carbons (Fsp3) is 0.500. The maximum atomic E-state index is 13.7. The van der Waals surface area contributed by atoms with Crippen molar-refractivity contribution in [2.45, 2.75) is 50.7 Å². The molecule has 28 heavy (non-hydrogen) atoms. The van der Waals surface area contributed by atoms with Crippen molar-refractivity contribution >= 4 is 6.03 Å². The molecule has 2 atom stereocenters. The van der Waals surface area contributed by atoms with Crippen LogP contribution in [0, 0.1) is 11.6 Å². The molecule has 1 saturated heterocycles. The molecule has 0 radical (unpaired) electrons. The van der Waals surface area contributed by atoms with Gasteiger partial charge in [0.25, 0.3) is 0 Å². The normalized spacial score (nSPS) is 22.1. The van der Waals surface area contributed by atoms with Crippen molar-refractivity contribution in [2.24, 2.45) is 0 Å². The van der Waals surface area contributed by atoms with E-state index in [1.807, 2.05) is 11.9 Å². The monoisotopic (exact) mass is 390 g/mol. The van der Waals surface area contributed by atoms with E-state index in [4.69, 9.17) is 4.52 Å². The highest BCUT2D eigenvalue weighted by Gasteiger charge is 2.34. The zero-order valence-corrected chi connectivity index (χ0v) is 15.8. The number of amides is 2. The van der Waals surface area contributed by atoms with Crippen molar-refractivity contribution in [1.29, 1.82) is 0 Å². The van der Waals surface area contributed by atoms with Crippen molar-refractivity contribution in [3.63, 3.8) is 0 Å². The van der Waals surface area contributed by atoms with Crippen molar-refractivity contribution in [2.75, 3.05) is 13.6 Å². The number of aromatic nitrogens is 1. The number of hydrogen-bond acceptors (Lipinski definition) is 4. The van der Waals surface area contributed by atoms with Gasteiger partial charge in [0.2, 0.25) is 0 Å². The standard InChI is InChI=1S/C20H24F2N4O2/c1-26-9-8-16(19(26)12-6-7-14(21)15(22)10-12)24-20(27)23-11-17-13-4-2-3-5-18(13)28-25-17/h6-7,10,16,19H,2-5,8-9,11H2,1H3,(H2,23,24,27). The van der Waals surface area contributed by atoms with Gasteiger partial charge in [0.15, 0.2) is 11.6 Å². The third kappa shape index (κ3) is 3.73. The lowest BCUT2D eigenvalue weighted by Gasteiger charge is -2.26. The van der Waals surface area contributed by atoms with Gasteiger partial charge < -0.3 is 15.2 Å². The van der Waals surface area contributed by atoms with E-state index in [0.717, 1.165) is 61.7 Å². The van der Waals surface area contributed by atoms with E-state index in [-0.39, 0.29) is 18.1 Å². The van der Waals surface area contributed by atoms with Crippen molar-refractivity contribution in [1.82, 2.24) is 20.7 Å². The van der Waals surface area contributed by atoms with Gasteiger partial charge in [-0.3, -0.25) is 4.90 Å². The van der Waals surface area contributed by atoms with Crippen LogP contribution in [0.4, 0.5) is 13.6 Å². The molecule has 2 N–H and O–H groups in total. The summed E-state index contributed by atoms with van der Waals surface area (Å²) in [5.74, 6) is -0.821. The molecule has 1 aliphatic heterocycles. The van der Waals surface area contributed by atoms with Gasteiger partial charge in [0, 0.05) is 18.5 Å². The smallest absolute Gasteiger partial charge is 0.315 e. The lowest BCUT2D eigenvalue weighted by atomic mass is 9.96. The summed E-state index contributed by atoms with van der Waals surface area (Å²) < 4.78 is 32.3. The number of nitrogens with zero attached hydrogens (tertiary/aromatic N) is 2. The van der Waals surface area contributed by atoms with Crippen LogP contribution in [0.25, 0.3) is 0 Å². The quantitative estimate of drug-likeness (QED) is 0.842. The van der Waals surface area contributed by atoms with Gasteiger partial charge in [-0.15, -0.1) is 0 Å². The molecule has 2 aromatic rings. The van der Waals surface area contributed by atoms with Gasteiger partial charge in [0.05, 0.1) is 18.6 Å². The summed E-state index contributed by atoms with van der Waals surface area (Å²) in [7, 11) is 1.91. The van der Waals surface area contributed by atoms with Crippen LogP contribution in [0.3, 0.4) is 0 Å². The summed E-state index contributed by atoms with van der Waals surface area (Å²) in [6, 6.07) is 3.19. The first-order chi connectivity index (χ1) is 13.5. The SMILES string of the molecule is CN1CCC(NC(=O)NCc2noc3c2CCCC3)C1c1ccc(F)c(F)c1. The first kappa shape index (κ1) is 18.9. The number of carbonyl (C=O) groups excluding carboxylic acids is 1.